The van der Waals surface area contributed by atoms with Gasteiger partial charge in [-0.05, 0) is 24.8 Å². The zero-order valence-electron chi connectivity index (χ0n) is 12.1. The standard InChI is InChI=1S/C13H20N4O2S2/c1-11(8-12-4-3-7-20-12)16(2)21(18,19)13-9-15-17(10-13)6-5-14/h3-4,7,9-11H,5-6,8,14H2,1-2H3. The van der Waals surface area contributed by atoms with E-state index < -0.39 is 10.0 Å². The van der Waals surface area contributed by atoms with Crippen molar-refractivity contribution >= 4 is 21.4 Å². The van der Waals surface area contributed by atoms with Gasteiger partial charge in [0.2, 0.25) is 10.0 Å². The molecule has 0 fully saturated rings. The van der Waals surface area contributed by atoms with Gasteiger partial charge in [0, 0.05) is 30.7 Å². The van der Waals surface area contributed by atoms with Crippen LogP contribution in [0.5, 0.6) is 0 Å². The molecule has 0 amide bonds. The fraction of sp³-hybridized carbons (Fsp3) is 0.462. The van der Waals surface area contributed by atoms with Crippen LogP contribution < -0.4 is 5.73 Å². The van der Waals surface area contributed by atoms with Crippen LogP contribution in [-0.2, 0) is 23.0 Å². The van der Waals surface area contributed by atoms with Gasteiger partial charge in [-0.25, -0.2) is 8.42 Å². The van der Waals surface area contributed by atoms with E-state index in [9.17, 15) is 8.42 Å². The maximum absolute atomic E-state index is 12.6. The number of hydrogen-bond donors (Lipinski definition) is 1. The number of sulfonamides is 1. The van der Waals surface area contributed by atoms with Crippen molar-refractivity contribution in [3.8, 4) is 0 Å². The topological polar surface area (TPSA) is 81.2 Å². The quantitative estimate of drug-likeness (QED) is 0.827. The summed E-state index contributed by atoms with van der Waals surface area (Å²) in [7, 11) is -1.92. The molecule has 116 valence electrons. The van der Waals surface area contributed by atoms with E-state index in [1.807, 2.05) is 24.4 Å². The van der Waals surface area contributed by atoms with Gasteiger partial charge in [0.25, 0.3) is 0 Å². The van der Waals surface area contributed by atoms with Crippen molar-refractivity contribution < 1.29 is 8.42 Å². The monoisotopic (exact) mass is 328 g/mol. The molecule has 0 aliphatic rings. The first-order chi connectivity index (χ1) is 9.95. The summed E-state index contributed by atoms with van der Waals surface area (Å²) in [5.41, 5.74) is 5.44. The van der Waals surface area contributed by atoms with Gasteiger partial charge in [-0.3, -0.25) is 4.68 Å². The Bertz CT molecular complexity index is 664. The van der Waals surface area contributed by atoms with Gasteiger partial charge in [0.15, 0.2) is 0 Å². The third kappa shape index (κ3) is 3.70. The first-order valence-electron chi connectivity index (χ1n) is 6.68. The lowest BCUT2D eigenvalue weighted by atomic mass is 10.2. The van der Waals surface area contributed by atoms with E-state index in [4.69, 9.17) is 5.73 Å². The first kappa shape index (κ1) is 16.2. The van der Waals surface area contributed by atoms with Crippen LogP contribution in [0.1, 0.15) is 11.8 Å². The minimum Gasteiger partial charge on any atom is -0.329 e. The Balaban J connectivity index is 2.13. The molecule has 2 heterocycles. The van der Waals surface area contributed by atoms with E-state index in [0.29, 0.717) is 19.5 Å². The lowest BCUT2D eigenvalue weighted by molar-refractivity contribution is 0.388. The summed E-state index contributed by atoms with van der Waals surface area (Å²) in [5.74, 6) is 0. The summed E-state index contributed by atoms with van der Waals surface area (Å²) < 4.78 is 28.1. The summed E-state index contributed by atoms with van der Waals surface area (Å²) in [4.78, 5) is 1.37. The molecule has 1 unspecified atom stereocenters. The van der Waals surface area contributed by atoms with Gasteiger partial charge >= 0.3 is 0 Å². The molecule has 2 aromatic rings. The number of rotatable bonds is 7. The lowest BCUT2D eigenvalue weighted by Gasteiger charge is -2.23. The normalized spacial score (nSPS) is 13.7. The highest BCUT2D eigenvalue weighted by Crippen LogP contribution is 2.19. The summed E-state index contributed by atoms with van der Waals surface area (Å²) in [6, 6.07) is 3.87. The predicted octanol–water partition coefficient (Wildman–Crippen LogP) is 1.16. The van der Waals surface area contributed by atoms with Crippen LogP contribution >= 0.6 is 11.3 Å². The number of nitrogens with two attached hydrogens (primary N) is 1. The Morgan fingerprint density at radius 1 is 1.52 bits per heavy atom. The van der Waals surface area contributed by atoms with E-state index in [1.165, 1.54) is 21.6 Å². The van der Waals surface area contributed by atoms with Crippen LogP contribution in [0.25, 0.3) is 0 Å². The number of thiophene rings is 1. The van der Waals surface area contributed by atoms with Gasteiger partial charge in [0.05, 0.1) is 12.7 Å². The van der Waals surface area contributed by atoms with Crippen molar-refractivity contribution in [2.45, 2.75) is 30.8 Å². The van der Waals surface area contributed by atoms with E-state index >= 15 is 0 Å². The molecular weight excluding hydrogens is 308 g/mol. The van der Waals surface area contributed by atoms with Gasteiger partial charge in [-0.2, -0.15) is 9.40 Å². The third-order valence-corrected chi connectivity index (χ3v) is 6.17. The molecule has 8 heteroatoms. The molecule has 6 nitrogen and oxygen atoms in total. The molecule has 0 aliphatic carbocycles. The summed E-state index contributed by atoms with van der Waals surface area (Å²) in [6.07, 6.45) is 3.60. The van der Waals surface area contributed by atoms with E-state index in [0.717, 1.165) is 0 Å². The molecular formula is C13H20N4O2S2. The Morgan fingerprint density at radius 3 is 2.90 bits per heavy atom. The number of hydrogen-bond acceptors (Lipinski definition) is 5. The van der Waals surface area contributed by atoms with Crippen molar-refractivity contribution in [3.05, 3.63) is 34.8 Å². The van der Waals surface area contributed by atoms with Crippen LogP contribution in [0.2, 0.25) is 0 Å². The number of aromatic nitrogens is 2. The van der Waals surface area contributed by atoms with Crippen molar-refractivity contribution in [3.63, 3.8) is 0 Å². The van der Waals surface area contributed by atoms with E-state index in [-0.39, 0.29) is 10.9 Å². The molecule has 0 saturated heterocycles. The largest absolute Gasteiger partial charge is 0.329 e. The molecule has 21 heavy (non-hydrogen) atoms. The zero-order chi connectivity index (χ0) is 15.5. The van der Waals surface area contributed by atoms with Crippen molar-refractivity contribution in [2.75, 3.05) is 13.6 Å². The van der Waals surface area contributed by atoms with Crippen molar-refractivity contribution in [2.24, 2.45) is 5.73 Å². The number of nitrogens with zero attached hydrogens (tertiary/aromatic N) is 3. The molecule has 2 N–H and O–H groups in total. The molecule has 0 saturated carbocycles. The molecule has 2 rings (SSSR count). The average Bonchev–Trinajstić information content (AvgIpc) is 3.09. The second-order valence-corrected chi connectivity index (χ2v) is 7.91. The van der Waals surface area contributed by atoms with E-state index in [1.54, 1.807) is 23.1 Å². The van der Waals surface area contributed by atoms with Crippen LogP contribution in [0.4, 0.5) is 0 Å². The zero-order valence-corrected chi connectivity index (χ0v) is 13.8. The Hall–Kier alpha value is -1.22. The first-order valence-corrected chi connectivity index (χ1v) is 9.00. The summed E-state index contributed by atoms with van der Waals surface area (Å²) >= 11 is 1.63. The Morgan fingerprint density at radius 2 is 2.29 bits per heavy atom. The lowest BCUT2D eigenvalue weighted by Crippen LogP contribution is -2.36. The molecule has 0 aromatic carbocycles. The predicted molar refractivity (Wildman–Crippen MR) is 83.7 cm³/mol. The van der Waals surface area contributed by atoms with Gasteiger partial charge in [-0.1, -0.05) is 6.07 Å². The summed E-state index contributed by atoms with van der Waals surface area (Å²) in [5, 5.41) is 6.02. The third-order valence-electron chi connectivity index (χ3n) is 3.34. The van der Waals surface area contributed by atoms with Crippen molar-refractivity contribution in [1.29, 1.82) is 0 Å². The second-order valence-electron chi connectivity index (χ2n) is 4.88. The van der Waals surface area contributed by atoms with E-state index in [2.05, 4.69) is 5.10 Å². The Kier molecular flexibility index (Phi) is 5.15. The van der Waals surface area contributed by atoms with Gasteiger partial charge < -0.3 is 5.73 Å². The minimum atomic E-state index is -3.53. The maximum Gasteiger partial charge on any atom is 0.246 e. The van der Waals surface area contributed by atoms with Crippen LogP contribution in [-0.4, -0.2) is 42.1 Å². The smallest absolute Gasteiger partial charge is 0.246 e. The maximum atomic E-state index is 12.6. The van der Waals surface area contributed by atoms with Gasteiger partial charge in [0.1, 0.15) is 4.90 Å². The highest BCUT2D eigenvalue weighted by molar-refractivity contribution is 7.89. The molecule has 2 aromatic heterocycles. The van der Waals surface area contributed by atoms with Crippen LogP contribution in [0, 0.1) is 0 Å². The number of likely N-dealkylation sites (N-methyl/N-ethyl adjacent to an activating group) is 1. The van der Waals surface area contributed by atoms with Crippen LogP contribution in [0.3, 0.4) is 0 Å². The molecule has 0 bridgehead atoms. The molecule has 0 radical (unpaired) electrons. The fourth-order valence-corrected chi connectivity index (χ4v) is 4.13. The van der Waals surface area contributed by atoms with Crippen molar-refractivity contribution in [1.82, 2.24) is 14.1 Å². The summed E-state index contributed by atoms with van der Waals surface area (Å²) in [6.45, 7) is 2.83. The van der Waals surface area contributed by atoms with Crippen LogP contribution in [0.15, 0.2) is 34.8 Å². The molecule has 0 aliphatic heterocycles. The Labute approximate surface area is 129 Å². The molecule has 1 atom stereocenters. The highest BCUT2D eigenvalue weighted by Gasteiger charge is 2.27. The van der Waals surface area contributed by atoms with Gasteiger partial charge in [-0.15, -0.1) is 11.3 Å². The average molecular weight is 328 g/mol. The second kappa shape index (κ2) is 6.69. The SMILES string of the molecule is CC(Cc1cccs1)N(C)S(=O)(=O)c1cnn(CCN)c1. The highest BCUT2D eigenvalue weighted by atomic mass is 32.2. The molecule has 0 spiro atoms. The fourth-order valence-electron chi connectivity index (χ4n) is 1.98. The minimum absolute atomic E-state index is 0.119.